The molecule has 2 aliphatic heterocycles. The molecule has 4 heteroatoms. The summed E-state index contributed by atoms with van der Waals surface area (Å²) in [5.74, 6) is -0.320. The normalized spacial score (nSPS) is 25.7. The van der Waals surface area contributed by atoms with E-state index in [4.69, 9.17) is 10.5 Å². The second kappa shape index (κ2) is 4.85. The van der Waals surface area contributed by atoms with Crippen LogP contribution in [0.2, 0.25) is 0 Å². The number of hydrogen-bond acceptors (Lipinski definition) is 3. The minimum atomic E-state index is -0.302. The van der Waals surface area contributed by atoms with Gasteiger partial charge in [0.15, 0.2) is 0 Å². The molecule has 1 amide bonds. The van der Waals surface area contributed by atoms with Gasteiger partial charge in [0, 0.05) is 25.4 Å². The van der Waals surface area contributed by atoms with Crippen LogP contribution in [-0.4, -0.2) is 31.2 Å². The highest BCUT2D eigenvalue weighted by atomic mass is 16.5. The Kier molecular flexibility index (Phi) is 3.19. The van der Waals surface area contributed by atoms with Crippen LogP contribution >= 0.6 is 0 Å². The highest BCUT2D eigenvalue weighted by Crippen LogP contribution is 2.41. The highest BCUT2D eigenvalue weighted by Gasteiger charge is 2.48. The van der Waals surface area contributed by atoms with E-state index in [2.05, 4.69) is 23.1 Å². The second-order valence-electron chi connectivity index (χ2n) is 5.40. The predicted molar refractivity (Wildman–Crippen MR) is 72.7 cm³/mol. The molecular formula is C15H19N2O2. The van der Waals surface area contributed by atoms with E-state index in [1.54, 1.807) is 0 Å². The van der Waals surface area contributed by atoms with E-state index in [0.29, 0.717) is 6.61 Å². The third-order valence-corrected chi connectivity index (χ3v) is 4.45. The Morgan fingerprint density at radius 1 is 1.37 bits per heavy atom. The maximum atomic E-state index is 11.6. The van der Waals surface area contributed by atoms with Crippen LogP contribution in [-0.2, 0) is 9.53 Å². The maximum Gasteiger partial charge on any atom is 0.223 e. The van der Waals surface area contributed by atoms with Crippen molar-refractivity contribution in [2.75, 3.05) is 24.6 Å². The molecule has 2 saturated heterocycles. The second-order valence-corrected chi connectivity index (χ2v) is 5.40. The molecule has 2 heterocycles. The van der Waals surface area contributed by atoms with E-state index in [1.807, 2.05) is 12.1 Å². The largest absolute Gasteiger partial charge is 0.374 e. The molecule has 0 aromatic heterocycles. The lowest BCUT2D eigenvalue weighted by Crippen LogP contribution is -2.51. The summed E-state index contributed by atoms with van der Waals surface area (Å²) >= 11 is 0. The van der Waals surface area contributed by atoms with E-state index in [0.717, 1.165) is 32.4 Å². The Bertz CT molecular complexity index is 452. The molecule has 1 spiro atoms. The molecule has 0 aliphatic carbocycles. The summed E-state index contributed by atoms with van der Waals surface area (Å²) in [7, 11) is 0. The average molecular weight is 259 g/mol. The van der Waals surface area contributed by atoms with E-state index >= 15 is 0 Å². The van der Waals surface area contributed by atoms with E-state index in [-0.39, 0.29) is 17.4 Å². The van der Waals surface area contributed by atoms with Crippen molar-refractivity contribution in [1.82, 2.24) is 0 Å². The first kappa shape index (κ1) is 12.5. The van der Waals surface area contributed by atoms with Crippen molar-refractivity contribution in [3.05, 3.63) is 30.3 Å². The van der Waals surface area contributed by atoms with Crippen LogP contribution in [0.15, 0.2) is 24.3 Å². The van der Waals surface area contributed by atoms with Crippen molar-refractivity contribution in [3.63, 3.8) is 0 Å². The quantitative estimate of drug-likeness (QED) is 0.872. The number of primary amides is 1. The fraction of sp³-hybridized carbons (Fsp3) is 0.533. The first-order valence-corrected chi connectivity index (χ1v) is 6.86. The van der Waals surface area contributed by atoms with Gasteiger partial charge in [0.05, 0.1) is 11.5 Å². The summed E-state index contributed by atoms with van der Waals surface area (Å²) in [5, 5.41) is 0. The minimum Gasteiger partial charge on any atom is -0.374 e. The van der Waals surface area contributed by atoms with Crippen LogP contribution in [0.3, 0.4) is 0 Å². The van der Waals surface area contributed by atoms with Crippen LogP contribution in [0.5, 0.6) is 0 Å². The Hall–Kier alpha value is -1.55. The van der Waals surface area contributed by atoms with E-state index in [9.17, 15) is 4.79 Å². The summed E-state index contributed by atoms with van der Waals surface area (Å²) in [5.41, 5.74) is 6.42. The monoisotopic (exact) mass is 259 g/mol. The van der Waals surface area contributed by atoms with Gasteiger partial charge >= 0.3 is 0 Å². The number of nitrogens with two attached hydrogens (primary N) is 1. The van der Waals surface area contributed by atoms with Gasteiger partial charge in [-0.15, -0.1) is 0 Å². The molecule has 2 N–H and O–H groups in total. The minimum absolute atomic E-state index is 0.112. The zero-order chi connectivity index (χ0) is 13.3. The SMILES string of the molecule is NC(=O)C1CCOC12CCN(c1cc[c]cc1)CC2. The van der Waals surface area contributed by atoms with Crippen molar-refractivity contribution in [1.29, 1.82) is 0 Å². The number of piperidine rings is 1. The number of carbonyl (C=O) groups excluding carboxylic acids is 1. The van der Waals surface area contributed by atoms with Gasteiger partial charge in [-0.25, -0.2) is 0 Å². The molecule has 2 aliphatic rings. The van der Waals surface area contributed by atoms with Crippen LogP contribution in [0, 0.1) is 12.0 Å². The summed E-state index contributed by atoms with van der Waals surface area (Å²) in [4.78, 5) is 13.9. The van der Waals surface area contributed by atoms with Gasteiger partial charge in [-0.1, -0.05) is 12.1 Å². The zero-order valence-corrected chi connectivity index (χ0v) is 11.0. The van der Waals surface area contributed by atoms with Gasteiger partial charge in [-0.2, -0.15) is 0 Å². The van der Waals surface area contributed by atoms with Gasteiger partial charge in [-0.05, 0) is 37.5 Å². The number of ether oxygens (including phenoxy) is 1. The van der Waals surface area contributed by atoms with Gasteiger partial charge in [-0.3, -0.25) is 4.79 Å². The molecule has 4 nitrogen and oxygen atoms in total. The maximum absolute atomic E-state index is 11.6. The van der Waals surface area contributed by atoms with Crippen molar-refractivity contribution in [3.8, 4) is 0 Å². The fourth-order valence-corrected chi connectivity index (χ4v) is 3.37. The van der Waals surface area contributed by atoms with E-state index < -0.39 is 0 Å². The molecule has 0 saturated carbocycles. The fourth-order valence-electron chi connectivity index (χ4n) is 3.37. The van der Waals surface area contributed by atoms with Crippen LogP contribution in [0.1, 0.15) is 19.3 Å². The molecule has 3 rings (SSSR count). The van der Waals surface area contributed by atoms with Gasteiger partial charge in [0.25, 0.3) is 0 Å². The molecule has 1 radical (unpaired) electrons. The standard InChI is InChI=1S/C15H19N2O2/c16-14(18)13-6-11-19-15(13)7-9-17(10-8-15)12-4-2-1-3-5-12/h2-5,13H,6-11H2,(H2,16,18). The third-order valence-electron chi connectivity index (χ3n) is 4.45. The number of nitrogens with zero attached hydrogens (tertiary/aromatic N) is 1. The molecule has 101 valence electrons. The Morgan fingerprint density at radius 2 is 2.05 bits per heavy atom. The molecule has 0 bridgehead atoms. The lowest BCUT2D eigenvalue weighted by Gasteiger charge is -2.42. The number of anilines is 1. The van der Waals surface area contributed by atoms with Crippen LogP contribution in [0.25, 0.3) is 0 Å². The summed E-state index contributed by atoms with van der Waals surface area (Å²) < 4.78 is 5.91. The zero-order valence-electron chi connectivity index (χ0n) is 11.0. The van der Waals surface area contributed by atoms with E-state index in [1.165, 1.54) is 5.69 Å². The average Bonchev–Trinajstić information content (AvgIpc) is 2.84. The Balaban J connectivity index is 1.71. The number of rotatable bonds is 2. The number of carbonyl (C=O) groups is 1. The van der Waals surface area contributed by atoms with Gasteiger partial charge in [0.1, 0.15) is 0 Å². The molecule has 1 unspecified atom stereocenters. The summed E-state index contributed by atoms with van der Waals surface area (Å²) in [6, 6.07) is 11.0. The smallest absolute Gasteiger partial charge is 0.223 e. The Morgan fingerprint density at radius 3 is 2.68 bits per heavy atom. The topological polar surface area (TPSA) is 55.6 Å². The number of hydrogen-bond donors (Lipinski definition) is 1. The van der Waals surface area contributed by atoms with Crippen molar-refractivity contribution in [2.24, 2.45) is 11.7 Å². The lowest BCUT2D eigenvalue weighted by molar-refractivity contribution is -0.129. The third kappa shape index (κ3) is 2.21. The van der Waals surface area contributed by atoms with Crippen molar-refractivity contribution < 1.29 is 9.53 Å². The van der Waals surface area contributed by atoms with Crippen LogP contribution in [0.4, 0.5) is 5.69 Å². The molecular weight excluding hydrogens is 240 g/mol. The molecule has 19 heavy (non-hydrogen) atoms. The number of amides is 1. The molecule has 1 atom stereocenters. The van der Waals surface area contributed by atoms with Gasteiger partial charge in [0.2, 0.25) is 5.91 Å². The van der Waals surface area contributed by atoms with Crippen molar-refractivity contribution in [2.45, 2.75) is 24.9 Å². The summed E-state index contributed by atoms with van der Waals surface area (Å²) in [6.45, 7) is 2.48. The first-order valence-electron chi connectivity index (χ1n) is 6.86. The highest BCUT2D eigenvalue weighted by molar-refractivity contribution is 5.78. The first-order chi connectivity index (χ1) is 9.21. The van der Waals surface area contributed by atoms with Crippen molar-refractivity contribution >= 4 is 11.6 Å². The molecule has 1 aromatic rings. The molecule has 1 aromatic carbocycles. The van der Waals surface area contributed by atoms with Gasteiger partial charge < -0.3 is 15.4 Å². The lowest BCUT2D eigenvalue weighted by atomic mass is 9.79. The predicted octanol–water partition coefficient (Wildman–Crippen LogP) is 1.35. The molecule has 2 fully saturated rings. The number of benzene rings is 1. The Labute approximate surface area is 113 Å². The summed E-state index contributed by atoms with van der Waals surface area (Å²) in [6.07, 6.45) is 2.52. The van der Waals surface area contributed by atoms with Crippen LogP contribution < -0.4 is 10.6 Å².